The van der Waals surface area contributed by atoms with Gasteiger partial charge in [0.25, 0.3) is 5.91 Å². The van der Waals surface area contributed by atoms with Crippen molar-refractivity contribution in [3.63, 3.8) is 0 Å². The SMILES string of the molecule is O=C(NCC(F)(F)C(F)F)c1cc(Cl)ccc1F. The molecule has 0 radical (unpaired) electrons. The highest BCUT2D eigenvalue weighted by Gasteiger charge is 2.40. The summed E-state index contributed by atoms with van der Waals surface area (Å²) in [6, 6.07) is 2.93. The fourth-order valence-electron chi connectivity index (χ4n) is 1.04. The summed E-state index contributed by atoms with van der Waals surface area (Å²) in [6.45, 7) is -1.59. The van der Waals surface area contributed by atoms with Crippen molar-refractivity contribution in [2.75, 3.05) is 6.54 Å². The number of amides is 1. The Hall–Kier alpha value is -1.37. The summed E-state index contributed by atoms with van der Waals surface area (Å²) >= 11 is 5.49. The number of hydrogen-bond acceptors (Lipinski definition) is 1. The van der Waals surface area contributed by atoms with Gasteiger partial charge < -0.3 is 5.32 Å². The molecule has 100 valence electrons. The van der Waals surface area contributed by atoms with E-state index in [9.17, 15) is 26.7 Å². The third-order valence-electron chi connectivity index (χ3n) is 1.98. The summed E-state index contributed by atoms with van der Waals surface area (Å²) in [5.74, 6) is -6.60. The quantitative estimate of drug-likeness (QED) is 0.847. The average Bonchev–Trinajstić information content (AvgIpc) is 2.29. The minimum absolute atomic E-state index is 0.0159. The second-order valence-electron chi connectivity index (χ2n) is 3.37. The van der Waals surface area contributed by atoms with Gasteiger partial charge in [-0.1, -0.05) is 11.6 Å². The van der Waals surface area contributed by atoms with Gasteiger partial charge in [-0.2, -0.15) is 8.78 Å². The van der Waals surface area contributed by atoms with Crippen LogP contribution in [0.15, 0.2) is 18.2 Å². The highest BCUT2D eigenvalue weighted by molar-refractivity contribution is 6.30. The lowest BCUT2D eigenvalue weighted by Crippen LogP contribution is -2.41. The van der Waals surface area contributed by atoms with Crippen molar-refractivity contribution >= 4 is 17.5 Å². The van der Waals surface area contributed by atoms with E-state index >= 15 is 0 Å². The van der Waals surface area contributed by atoms with Crippen LogP contribution in [0.3, 0.4) is 0 Å². The Balaban J connectivity index is 2.75. The Kier molecular flexibility index (Phi) is 4.50. The van der Waals surface area contributed by atoms with Crippen LogP contribution < -0.4 is 5.32 Å². The molecule has 0 bridgehead atoms. The molecule has 1 amide bonds. The molecule has 1 N–H and O–H groups in total. The van der Waals surface area contributed by atoms with Crippen LogP contribution in [0.5, 0.6) is 0 Å². The predicted molar refractivity (Wildman–Crippen MR) is 54.7 cm³/mol. The third kappa shape index (κ3) is 3.56. The van der Waals surface area contributed by atoms with Crippen molar-refractivity contribution in [3.8, 4) is 0 Å². The molecule has 0 aromatic heterocycles. The first-order valence-corrected chi connectivity index (χ1v) is 5.01. The van der Waals surface area contributed by atoms with E-state index in [0.29, 0.717) is 0 Å². The Bertz CT molecular complexity index is 452. The molecule has 1 aromatic rings. The van der Waals surface area contributed by atoms with Gasteiger partial charge in [0.1, 0.15) is 5.82 Å². The second kappa shape index (κ2) is 5.51. The molecule has 1 aromatic carbocycles. The van der Waals surface area contributed by atoms with Crippen molar-refractivity contribution in [3.05, 3.63) is 34.6 Å². The highest BCUT2D eigenvalue weighted by Crippen LogP contribution is 2.22. The van der Waals surface area contributed by atoms with Gasteiger partial charge in [0.15, 0.2) is 0 Å². The standard InChI is InChI=1S/C10H7ClF5NO/c11-5-1-2-7(12)6(3-5)8(18)17-4-10(15,16)9(13)14/h1-3,9H,4H2,(H,17,18). The first-order valence-electron chi connectivity index (χ1n) is 4.63. The number of alkyl halides is 4. The lowest BCUT2D eigenvalue weighted by atomic mass is 10.2. The Morgan fingerprint density at radius 1 is 1.39 bits per heavy atom. The van der Waals surface area contributed by atoms with Crippen LogP contribution in [-0.4, -0.2) is 24.8 Å². The van der Waals surface area contributed by atoms with Crippen molar-refractivity contribution in [2.45, 2.75) is 12.3 Å². The summed E-state index contributed by atoms with van der Waals surface area (Å²) in [5, 5.41) is 1.54. The molecule has 18 heavy (non-hydrogen) atoms. The molecular weight excluding hydrogens is 281 g/mol. The average molecular weight is 288 g/mol. The zero-order valence-corrected chi connectivity index (χ0v) is 9.45. The number of carbonyl (C=O) groups excluding carboxylic acids is 1. The van der Waals surface area contributed by atoms with Crippen LogP contribution in [0.1, 0.15) is 10.4 Å². The predicted octanol–water partition coefficient (Wildman–Crippen LogP) is 3.11. The molecular formula is C10H7ClF5NO. The van der Waals surface area contributed by atoms with E-state index in [-0.39, 0.29) is 5.02 Å². The zero-order valence-electron chi connectivity index (χ0n) is 8.69. The smallest absolute Gasteiger partial charge is 0.324 e. The van der Waals surface area contributed by atoms with Crippen molar-refractivity contribution < 1.29 is 26.7 Å². The fraction of sp³-hybridized carbons (Fsp3) is 0.300. The summed E-state index contributed by atoms with van der Waals surface area (Å²) in [6.07, 6.45) is -3.91. The van der Waals surface area contributed by atoms with Gasteiger partial charge in [0, 0.05) is 5.02 Å². The highest BCUT2D eigenvalue weighted by atomic mass is 35.5. The number of rotatable bonds is 4. The van der Waals surface area contributed by atoms with Gasteiger partial charge in [0.05, 0.1) is 12.1 Å². The van der Waals surface area contributed by atoms with Crippen LogP contribution in [0.25, 0.3) is 0 Å². The van der Waals surface area contributed by atoms with Gasteiger partial charge in [-0.15, -0.1) is 0 Å². The van der Waals surface area contributed by atoms with Gasteiger partial charge in [-0.25, -0.2) is 13.2 Å². The molecule has 8 heteroatoms. The second-order valence-corrected chi connectivity index (χ2v) is 3.81. The topological polar surface area (TPSA) is 29.1 Å². The van der Waals surface area contributed by atoms with Gasteiger partial charge >= 0.3 is 12.3 Å². The van der Waals surface area contributed by atoms with Crippen LogP contribution in [0.4, 0.5) is 22.0 Å². The van der Waals surface area contributed by atoms with Crippen molar-refractivity contribution in [1.29, 1.82) is 0 Å². The first-order chi connectivity index (χ1) is 8.24. The molecule has 0 saturated heterocycles. The van der Waals surface area contributed by atoms with Gasteiger partial charge in [-0.3, -0.25) is 4.79 Å². The molecule has 0 atom stereocenters. The van der Waals surface area contributed by atoms with Crippen molar-refractivity contribution in [2.24, 2.45) is 0 Å². The molecule has 0 fully saturated rings. The summed E-state index contributed by atoms with van der Waals surface area (Å²) in [4.78, 5) is 11.3. The number of benzene rings is 1. The van der Waals surface area contributed by atoms with Crippen LogP contribution in [0, 0.1) is 5.82 Å². The molecule has 0 saturated carbocycles. The lowest BCUT2D eigenvalue weighted by molar-refractivity contribution is -0.123. The van der Waals surface area contributed by atoms with E-state index < -0.39 is 36.2 Å². The van der Waals surface area contributed by atoms with E-state index in [0.717, 1.165) is 18.2 Å². The van der Waals surface area contributed by atoms with Gasteiger partial charge in [0.2, 0.25) is 0 Å². The van der Waals surface area contributed by atoms with E-state index in [4.69, 9.17) is 11.6 Å². The Labute approximate surface area is 104 Å². The van der Waals surface area contributed by atoms with Crippen LogP contribution >= 0.6 is 11.6 Å². The third-order valence-corrected chi connectivity index (χ3v) is 2.21. The molecule has 0 aliphatic rings. The van der Waals surface area contributed by atoms with Crippen LogP contribution in [-0.2, 0) is 0 Å². The molecule has 0 heterocycles. The minimum atomic E-state index is -4.37. The normalized spacial score (nSPS) is 11.7. The van der Waals surface area contributed by atoms with Gasteiger partial charge in [-0.05, 0) is 18.2 Å². The molecule has 0 spiro atoms. The summed E-state index contributed by atoms with van der Waals surface area (Å²) in [5.41, 5.74) is -0.590. The molecule has 2 nitrogen and oxygen atoms in total. The summed E-state index contributed by atoms with van der Waals surface area (Å²) < 4.78 is 61.8. The lowest BCUT2D eigenvalue weighted by Gasteiger charge is -2.15. The maximum atomic E-state index is 13.1. The number of hydrogen-bond donors (Lipinski definition) is 1. The van der Waals surface area contributed by atoms with Crippen molar-refractivity contribution in [1.82, 2.24) is 5.32 Å². The molecule has 0 unspecified atom stereocenters. The minimum Gasteiger partial charge on any atom is -0.346 e. The Morgan fingerprint density at radius 3 is 2.56 bits per heavy atom. The number of carbonyl (C=O) groups is 1. The largest absolute Gasteiger partial charge is 0.346 e. The van der Waals surface area contributed by atoms with Crippen LogP contribution in [0.2, 0.25) is 5.02 Å². The number of nitrogens with one attached hydrogen (secondary N) is 1. The molecule has 0 aliphatic heterocycles. The van der Waals surface area contributed by atoms with E-state index in [2.05, 4.69) is 0 Å². The first kappa shape index (κ1) is 14.7. The maximum absolute atomic E-state index is 13.1. The molecule has 1 rings (SSSR count). The zero-order chi connectivity index (χ0) is 13.9. The number of halogens is 6. The fourth-order valence-corrected chi connectivity index (χ4v) is 1.21. The monoisotopic (exact) mass is 287 g/mol. The van der Waals surface area contributed by atoms with E-state index in [1.54, 1.807) is 0 Å². The van der Waals surface area contributed by atoms with E-state index in [1.807, 2.05) is 0 Å². The molecule has 0 aliphatic carbocycles. The Morgan fingerprint density at radius 2 is 2.00 bits per heavy atom. The summed E-state index contributed by atoms with van der Waals surface area (Å²) in [7, 11) is 0. The van der Waals surface area contributed by atoms with E-state index in [1.165, 1.54) is 5.32 Å². The maximum Gasteiger partial charge on any atom is 0.324 e.